The van der Waals surface area contributed by atoms with E-state index >= 15 is 0 Å². The quantitative estimate of drug-likeness (QED) is 0.696. The Morgan fingerprint density at radius 3 is 2.65 bits per heavy atom. The zero-order chi connectivity index (χ0) is 12.5. The molecule has 1 N–H and O–H groups in total. The van der Waals surface area contributed by atoms with Crippen LogP contribution in [-0.4, -0.2) is 16.5 Å². The normalized spacial score (nSPS) is 10.8. The van der Waals surface area contributed by atoms with Gasteiger partial charge in [0, 0.05) is 18.4 Å². The molecule has 0 atom stereocenters. The minimum Gasteiger partial charge on any atom is -0.354 e. The van der Waals surface area contributed by atoms with E-state index in [1.165, 1.54) is 32.1 Å². The van der Waals surface area contributed by atoms with E-state index in [2.05, 4.69) is 29.1 Å². The zero-order valence-corrected chi connectivity index (χ0v) is 11.4. The van der Waals surface area contributed by atoms with E-state index in [0.29, 0.717) is 0 Å². The lowest BCUT2D eigenvalue weighted by Gasteiger charge is -2.06. The fourth-order valence-corrected chi connectivity index (χ4v) is 1.77. The van der Waals surface area contributed by atoms with Crippen molar-refractivity contribution in [2.24, 2.45) is 5.92 Å². The van der Waals surface area contributed by atoms with Crippen LogP contribution in [-0.2, 0) is 0 Å². The summed E-state index contributed by atoms with van der Waals surface area (Å²) in [4.78, 5) is 8.48. The third-order valence-corrected chi connectivity index (χ3v) is 2.79. The Kier molecular flexibility index (Phi) is 6.60. The first-order chi connectivity index (χ1) is 8.18. The number of hydrogen-bond acceptors (Lipinski definition) is 3. The van der Waals surface area contributed by atoms with E-state index in [0.717, 1.165) is 24.1 Å². The van der Waals surface area contributed by atoms with E-state index in [9.17, 15) is 0 Å². The Morgan fingerprint density at radius 1 is 1.18 bits per heavy atom. The van der Waals surface area contributed by atoms with Crippen LogP contribution in [0.15, 0.2) is 12.3 Å². The van der Waals surface area contributed by atoms with Crippen LogP contribution in [0, 0.1) is 12.8 Å². The maximum Gasteiger partial charge on any atom is 0.222 e. The van der Waals surface area contributed by atoms with Crippen molar-refractivity contribution in [2.45, 2.75) is 52.9 Å². The van der Waals surface area contributed by atoms with Gasteiger partial charge in [0.2, 0.25) is 5.95 Å². The van der Waals surface area contributed by atoms with Crippen molar-refractivity contribution in [2.75, 3.05) is 11.9 Å². The number of hydrogen-bond donors (Lipinski definition) is 1. The molecule has 0 unspecified atom stereocenters. The predicted molar refractivity (Wildman–Crippen MR) is 73.2 cm³/mol. The van der Waals surface area contributed by atoms with Crippen molar-refractivity contribution in [3.63, 3.8) is 0 Å². The first-order valence-electron chi connectivity index (χ1n) is 6.72. The number of aromatic nitrogens is 2. The molecular weight excluding hydrogens is 210 g/mol. The molecule has 0 bridgehead atoms. The van der Waals surface area contributed by atoms with Crippen LogP contribution in [0.2, 0.25) is 0 Å². The van der Waals surface area contributed by atoms with Crippen molar-refractivity contribution in [3.8, 4) is 0 Å². The first kappa shape index (κ1) is 13.9. The lowest BCUT2D eigenvalue weighted by molar-refractivity contribution is 0.523. The molecule has 1 heterocycles. The van der Waals surface area contributed by atoms with Gasteiger partial charge in [-0.15, -0.1) is 0 Å². The molecule has 1 rings (SSSR count). The highest BCUT2D eigenvalue weighted by molar-refractivity contribution is 5.24. The molecule has 0 spiro atoms. The Balaban J connectivity index is 2.01. The molecule has 0 radical (unpaired) electrons. The van der Waals surface area contributed by atoms with Gasteiger partial charge in [-0.05, 0) is 25.3 Å². The molecule has 0 saturated carbocycles. The van der Waals surface area contributed by atoms with Gasteiger partial charge in [0.05, 0.1) is 0 Å². The third-order valence-electron chi connectivity index (χ3n) is 2.79. The van der Waals surface area contributed by atoms with E-state index < -0.39 is 0 Å². The predicted octanol–water partition coefficient (Wildman–Crippen LogP) is 3.80. The highest BCUT2D eigenvalue weighted by Crippen LogP contribution is 2.09. The van der Waals surface area contributed by atoms with Crippen LogP contribution in [0.3, 0.4) is 0 Å². The van der Waals surface area contributed by atoms with E-state index in [1.54, 1.807) is 6.20 Å². The summed E-state index contributed by atoms with van der Waals surface area (Å²) >= 11 is 0. The van der Waals surface area contributed by atoms with E-state index in [4.69, 9.17) is 0 Å². The summed E-state index contributed by atoms with van der Waals surface area (Å²) in [5, 5.41) is 3.26. The molecule has 0 aliphatic rings. The number of nitrogens with one attached hydrogen (secondary N) is 1. The highest BCUT2D eigenvalue weighted by atomic mass is 15.1. The van der Waals surface area contributed by atoms with Gasteiger partial charge in [0.15, 0.2) is 0 Å². The van der Waals surface area contributed by atoms with Crippen LogP contribution in [0.1, 0.15) is 51.6 Å². The van der Waals surface area contributed by atoms with Crippen molar-refractivity contribution in [3.05, 3.63) is 18.0 Å². The molecule has 0 amide bonds. The van der Waals surface area contributed by atoms with Crippen LogP contribution >= 0.6 is 0 Å². The van der Waals surface area contributed by atoms with Gasteiger partial charge in [0.25, 0.3) is 0 Å². The Hall–Kier alpha value is -1.12. The van der Waals surface area contributed by atoms with Gasteiger partial charge in [0.1, 0.15) is 0 Å². The summed E-state index contributed by atoms with van der Waals surface area (Å²) < 4.78 is 0. The lowest BCUT2D eigenvalue weighted by atomic mass is 10.0. The van der Waals surface area contributed by atoms with Gasteiger partial charge in [-0.2, -0.15) is 0 Å². The van der Waals surface area contributed by atoms with Crippen LogP contribution < -0.4 is 5.32 Å². The Labute approximate surface area is 105 Å². The summed E-state index contributed by atoms with van der Waals surface area (Å²) in [7, 11) is 0. The molecule has 3 nitrogen and oxygen atoms in total. The van der Waals surface area contributed by atoms with E-state index in [-0.39, 0.29) is 0 Å². The average molecular weight is 235 g/mol. The summed E-state index contributed by atoms with van der Waals surface area (Å²) in [5.41, 5.74) is 1.01. The number of aryl methyl sites for hydroxylation is 1. The van der Waals surface area contributed by atoms with Gasteiger partial charge in [-0.25, -0.2) is 9.97 Å². The second-order valence-corrected chi connectivity index (χ2v) is 5.05. The fraction of sp³-hybridized carbons (Fsp3) is 0.714. The zero-order valence-electron chi connectivity index (χ0n) is 11.4. The minimum absolute atomic E-state index is 0.757. The summed E-state index contributed by atoms with van der Waals surface area (Å²) in [6, 6.07) is 1.91. The van der Waals surface area contributed by atoms with Crippen LogP contribution in [0.25, 0.3) is 0 Å². The lowest BCUT2D eigenvalue weighted by Crippen LogP contribution is -2.05. The Bertz CT molecular complexity index is 310. The monoisotopic (exact) mass is 235 g/mol. The minimum atomic E-state index is 0.757. The topological polar surface area (TPSA) is 37.8 Å². The Morgan fingerprint density at radius 2 is 1.94 bits per heavy atom. The molecule has 1 aromatic heterocycles. The molecule has 3 heteroatoms. The molecular formula is C14H25N3. The maximum atomic E-state index is 4.31. The number of nitrogens with zero attached hydrogens (tertiary/aromatic N) is 2. The largest absolute Gasteiger partial charge is 0.354 e. The standard InChI is InChI=1S/C14H25N3/c1-12(2)8-6-4-5-7-10-15-14-16-11-9-13(3)17-14/h9,11-12H,4-8,10H2,1-3H3,(H,15,16,17). The summed E-state index contributed by atoms with van der Waals surface area (Å²) in [6.45, 7) is 7.54. The number of rotatable bonds is 8. The maximum absolute atomic E-state index is 4.31. The molecule has 1 aromatic rings. The molecule has 0 aromatic carbocycles. The van der Waals surface area contributed by atoms with Gasteiger partial charge in [-0.3, -0.25) is 0 Å². The van der Waals surface area contributed by atoms with Gasteiger partial charge in [-0.1, -0.05) is 39.5 Å². The second-order valence-electron chi connectivity index (χ2n) is 5.05. The average Bonchev–Trinajstić information content (AvgIpc) is 2.27. The van der Waals surface area contributed by atoms with Crippen molar-refractivity contribution < 1.29 is 0 Å². The number of anilines is 1. The van der Waals surface area contributed by atoms with Gasteiger partial charge >= 0.3 is 0 Å². The van der Waals surface area contributed by atoms with Crippen LogP contribution in [0.4, 0.5) is 5.95 Å². The second kappa shape index (κ2) is 8.04. The van der Waals surface area contributed by atoms with Crippen molar-refractivity contribution in [1.29, 1.82) is 0 Å². The first-order valence-corrected chi connectivity index (χ1v) is 6.72. The molecule has 0 saturated heterocycles. The SMILES string of the molecule is Cc1ccnc(NCCCCCCC(C)C)n1. The van der Waals surface area contributed by atoms with E-state index in [1.807, 2.05) is 13.0 Å². The molecule has 0 aliphatic carbocycles. The van der Waals surface area contributed by atoms with Gasteiger partial charge < -0.3 is 5.32 Å². The smallest absolute Gasteiger partial charge is 0.222 e. The van der Waals surface area contributed by atoms with Crippen molar-refractivity contribution >= 4 is 5.95 Å². The highest BCUT2D eigenvalue weighted by Gasteiger charge is 1.96. The summed E-state index contributed by atoms with van der Waals surface area (Å²) in [5.74, 6) is 1.60. The van der Waals surface area contributed by atoms with Crippen molar-refractivity contribution in [1.82, 2.24) is 9.97 Å². The molecule has 0 aliphatic heterocycles. The molecule has 17 heavy (non-hydrogen) atoms. The summed E-state index contributed by atoms with van der Waals surface area (Å²) in [6.07, 6.45) is 8.36. The number of unbranched alkanes of at least 4 members (excludes halogenated alkanes) is 3. The molecule has 0 fully saturated rings. The fourth-order valence-electron chi connectivity index (χ4n) is 1.77. The third kappa shape index (κ3) is 6.93. The van der Waals surface area contributed by atoms with Crippen LogP contribution in [0.5, 0.6) is 0 Å². The molecule has 96 valence electrons.